The second-order valence-corrected chi connectivity index (χ2v) is 7.35. The molecule has 0 amide bonds. The molecule has 0 unspecified atom stereocenters. The summed E-state index contributed by atoms with van der Waals surface area (Å²) in [6, 6.07) is 9.82. The van der Waals surface area contributed by atoms with E-state index in [1.807, 2.05) is 58.0 Å². The molecule has 1 aliphatic rings. The molecule has 0 saturated heterocycles. The molecule has 0 saturated carbocycles. The van der Waals surface area contributed by atoms with E-state index in [1.54, 1.807) is 13.8 Å². The minimum Gasteiger partial charge on any atom is -0.462 e. The van der Waals surface area contributed by atoms with E-state index >= 15 is 0 Å². The van der Waals surface area contributed by atoms with E-state index in [9.17, 15) is 9.59 Å². The van der Waals surface area contributed by atoms with Gasteiger partial charge in [0.15, 0.2) is 0 Å². The van der Waals surface area contributed by atoms with Crippen LogP contribution in [0.5, 0.6) is 0 Å². The lowest BCUT2D eigenvalue weighted by atomic mass is 9.94. The maximum absolute atomic E-state index is 12.6. The van der Waals surface area contributed by atoms with Crippen LogP contribution in [0.2, 0.25) is 0 Å². The number of nitrogens with zero attached hydrogens (tertiary/aromatic N) is 1. The summed E-state index contributed by atoms with van der Waals surface area (Å²) in [5.41, 5.74) is 7.11. The van der Waals surface area contributed by atoms with Crippen molar-refractivity contribution in [1.82, 2.24) is 4.98 Å². The minimum atomic E-state index is -0.379. The Kier molecular flexibility index (Phi) is 6.59. The van der Waals surface area contributed by atoms with Crippen LogP contribution in [-0.4, -0.2) is 35.8 Å². The number of hydrogen-bond acceptors (Lipinski definition) is 5. The molecule has 2 heterocycles. The number of aryl methyl sites for hydroxylation is 1. The number of H-pyrrole nitrogens is 1. The van der Waals surface area contributed by atoms with Crippen molar-refractivity contribution in [2.45, 2.75) is 41.5 Å². The first-order valence-electron chi connectivity index (χ1n) is 10.4. The van der Waals surface area contributed by atoms with E-state index in [2.05, 4.69) is 4.98 Å². The van der Waals surface area contributed by atoms with Gasteiger partial charge in [0.1, 0.15) is 0 Å². The molecule has 1 aliphatic heterocycles. The predicted molar refractivity (Wildman–Crippen MR) is 121 cm³/mol. The summed E-state index contributed by atoms with van der Waals surface area (Å²) in [6.07, 6.45) is 0. The lowest BCUT2D eigenvalue weighted by molar-refractivity contribution is -0.137. The van der Waals surface area contributed by atoms with Crippen LogP contribution in [0, 0.1) is 13.8 Å². The third-order valence-electron chi connectivity index (χ3n) is 5.32. The van der Waals surface area contributed by atoms with Gasteiger partial charge in [-0.15, -0.1) is 0 Å². The lowest BCUT2D eigenvalue weighted by Gasteiger charge is -2.12. The monoisotopic (exact) mass is 420 g/mol. The highest BCUT2D eigenvalue weighted by atomic mass is 16.5. The summed E-state index contributed by atoms with van der Waals surface area (Å²) in [5, 5.41) is 0. The predicted octanol–water partition coefficient (Wildman–Crippen LogP) is 4.92. The summed E-state index contributed by atoms with van der Waals surface area (Å²) in [5.74, 6) is -0.738. The Morgan fingerprint density at radius 2 is 1.55 bits per heavy atom. The largest absolute Gasteiger partial charge is 0.462 e. The fourth-order valence-electron chi connectivity index (χ4n) is 3.96. The van der Waals surface area contributed by atoms with Crippen LogP contribution in [0.15, 0.2) is 52.2 Å². The van der Waals surface area contributed by atoms with Crippen molar-refractivity contribution in [3.8, 4) is 0 Å². The van der Waals surface area contributed by atoms with Crippen molar-refractivity contribution in [1.29, 1.82) is 0 Å². The van der Waals surface area contributed by atoms with Crippen LogP contribution in [0.1, 0.15) is 60.6 Å². The Bertz CT molecular complexity index is 1120. The second-order valence-electron chi connectivity index (χ2n) is 7.35. The molecular weight excluding hydrogens is 392 g/mol. The quantitative estimate of drug-likeness (QED) is 0.673. The van der Waals surface area contributed by atoms with E-state index in [0.717, 1.165) is 33.7 Å². The molecule has 0 atom stereocenters. The molecule has 0 aliphatic carbocycles. The molecule has 0 bridgehead atoms. The number of esters is 2. The fourth-order valence-corrected chi connectivity index (χ4v) is 3.96. The van der Waals surface area contributed by atoms with E-state index < -0.39 is 0 Å². The average Bonchev–Trinajstić information content (AvgIpc) is 3.18. The molecule has 3 rings (SSSR count). The van der Waals surface area contributed by atoms with Gasteiger partial charge in [-0.1, -0.05) is 30.3 Å². The first-order valence-corrected chi connectivity index (χ1v) is 10.4. The number of carbonyl (C=O) groups excluding carboxylic acids is 2. The van der Waals surface area contributed by atoms with Crippen molar-refractivity contribution in [2.75, 3.05) is 13.2 Å². The number of aromatic amines is 1. The summed E-state index contributed by atoms with van der Waals surface area (Å²) in [4.78, 5) is 33.2. The molecule has 1 aromatic carbocycles. The first-order chi connectivity index (χ1) is 14.8. The van der Waals surface area contributed by atoms with Crippen LogP contribution in [-0.2, 0) is 14.3 Å². The topological polar surface area (TPSA) is 80.8 Å². The Balaban J connectivity index is 2.30. The number of rotatable bonds is 6. The zero-order chi connectivity index (χ0) is 22.7. The van der Waals surface area contributed by atoms with Crippen LogP contribution < -0.4 is 0 Å². The van der Waals surface area contributed by atoms with Crippen molar-refractivity contribution < 1.29 is 19.1 Å². The highest BCUT2D eigenvalue weighted by Gasteiger charge is 2.30. The van der Waals surface area contributed by atoms with Crippen LogP contribution in [0.3, 0.4) is 0 Å². The summed E-state index contributed by atoms with van der Waals surface area (Å²) < 4.78 is 10.5. The number of hydrogen-bond donors (Lipinski definition) is 1. The van der Waals surface area contributed by atoms with Gasteiger partial charge in [0.2, 0.25) is 0 Å². The van der Waals surface area contributed by atoms with Crippen molar-refractivity contribution in [2.24, 2.45) is 4.99 Å². The van der Waals surface area contributed by atoms with Gasteiger partial charge in [0.05, 0.1) is 41.5 Å². The minimum absolute atomic E-state index is 0.297. The molecule has 1 N–H and O–H groups in total. The van der Waals surface area contributed by atoms with Crippen LogP contribution in [0.25, 0.3) is 5.57 Å². The zero-order valence-electron chi connectivity index (χ0n) is 18.9. The Hall–Kier alpha value is -3.41. The average molecular weight is 421 g/mol. The van der Waals surface area contributed by atoms with Crippen LogP contribution >= 0.6 is 0 Å². The Labute approximate surface area is 182 Å². The number of ether oxygens (including phenoxy) is 2. The van der Waals surface area contributed by atoms with E-state index in [0.29, 0.717) is 35.8 Å². The molecule has 162 valence electrons. The lowest BCUT2D eigenvalue weighted by Crippen LogP contribution is -2.12. The van der Waals surface area contributed by atoms with Crippen molar-refractivity contribution in [3.63, 3.8) is 0 Å². The van der Waals surface area contributed by atoms with Gasteiger partial charge in [-0.2, -0.15) is 0 Å². The van der Waals surface area contributed by atoms with E-state index in [-0.39, 0.29) is 11.9 Å². The van der Waals surface area contributed by atoms with Crippen molar-refractivity contribution in [3.05, 3.63) is 75.3 Å². The van der Waals surface area contributed by atoms with Gasteiger partial charge in [0.25, 0.3) is 0 Å². The molecule has 6 nitrogen and oxygen atoms in total. The maximum atomic E-state index is 12.6. The number of nitrogens with one attached hydrogen (secondary N) is 1. The standard InChI is InChI=1S/C25H28N2O4/c1-7-30-24(28)19-14(3)22(26-16(19)5)21(18-12-10-9-11-13-18)23-15(4)20(17(6)27-23)25(29)31-8-2/h9-13,26H,7-8H2,1-6H3/b23-21-. The number of aliphatic imine (C=N–C) groups is 1. The van der Waals surface area contributed by atoms with Gasteiger partial charge in [0, 0.05) is 11.3 Å². The molecule has 6 heteroatoms. The highest BCUT2D eigenvalue weighted by molar-refractivity contribution is 6.22. The number of carbonyl (C=O) groups is 2. The molecule has 0 radical (unpaired) electrons. The summed E-state index contributed by atoms with van der Waals surface area (Å²) in [6.45, 7) is 11.6. The SMILES string of the molecule is CCOC(=O)C1=C(C)/C(=C(\c2ccccc2)c2[nH]c(C)c(C(=O)OCC)c2C)N=C1C. The smallest absolute Gasteiger partial charge is 0.340 e. The van der Waals surface area contributed by atoms with Gasteiger partial charge in [-0.3, -0.25) is 4.99 Å². The number of aromatic nitrogens is 1. The van der Waals surface area contributed by atoms with Crippen molar-refractivity contribution >= 4 is 23.2 Å². The molecule has 0 spiro atoms. The zero-order valence-corrected chi connectivity index (χ0v) is 18.9. The molecule has 1 aromatic heterocycles. The highest BCUT2D eigenvalue weighted by Crippen LogP contribution is 2.38. The van der Waals surface area contributed by atoms with E-state index in [1.165, 1.54) is 0 Å². The normalized spacial score (nSPS) is 15.1. The van der Waals surface area contributed by atoms with Gasteiger partial charge >= 0.3 is 11.9 Å². The second kappa shape index (κ2) is 9.16. The van der Waals surface area contributed by atoms with Gasteiger partial charge in [-0.05, 0) is 58.2 Å². The van der Waals surface area contributed by atoms with Crippen LogP contribution in [0.4, 0.5) is 0 Å². The van der Waals surface area contributed by atoms with E-state index in [4.69, 9.17) is 14.5 Å². The third kappa shape index (κ3) is 4.10. The fraction of sp³-hybridized carbons (Fsp3) is 0.320. The van der Waals surface area contributed by atoms with Gasteiger partial charge < -0.3 is 14.5 Å². The molecule has 31 heavy (non-hydrogen) atoms. The maximum Gasteiger partial charge on any atom is 0.340 e. The Morgan fingerprint density at radius 3 is 2.16 bits per heavy atom. The summed E-state index contributed by atoms with van der Waals surface area (Å²) in [7, 11) is 0. The molecule has 2 aromatic rings. The van der Waals surface area contributed by atoms with Gasteiger partial charge in [-0.25, -0.2) is 9.59 Å². The summed E-state index contributed by atoms with van der Waals surface area (Å²) >= 11 is 0. The molecular formula is C25H28N2O4. The number of benzene rings is 1. The third-order valence-corrected chi connectivity index (χ3v) is 5.32. The first kappa shape index (κ1) is 22.3. The molecule has 0 fully saturated rings. The Morgan fingerprint density at radius 1 is 0.935 bits per heavy atom. The number of allylic oxidation sites excluding steroid dienone is 1.